The van der Waals surface area contributed by atoms with Crippen molar-refractivity contribution in [3.05, 3.63) is 29.5 Å². The van der Waals surface area contributed by atoms with Crippen LogP contribution in [-0.4, -0.2) is 35.9 Å². The highest BCUT2D eigenvalue weighted by molar-refractivity contribution is 6.06. The number of carboxylic acid groups (broad SMARTS) is 1. The van der Waals surface area contributed by atoms with Crippen LogP contribution in [0.25, 0.3) is 10.9 Å². The van der Waals surface area contributed by atoms with Crippen LogP contribution < -0.4 is 10.5 Å². The Hall–Kier alpha value is -2.34. The summed E-state index contributed by atoms with van der Waals surface area (Å²) in [6, 6.07) is 5.52. The fourth-order valence-corrected chi connectivity index (χ4v) is 3.64. The SMILES string of the molecule is COCC1CCC(Oc2cccc3nc(C)c(C(=O)O)c(N)c23)CC1. The van der Waals surface area contributed by atoms with Crippen LogP contribution in [0.3, 0.4) is 0 Å². The average Bonchev–Trinajstić information content (AvgIpc) is 2.56. The number of aromatic carboxylic acids is 1. The van der Waals surface area contributed by atoms with Gasteiger partial charge < -0.3 is 20.3 Å². The lowest BCUT2D eigenvalue weighted by molar-refractivity contribution is 0.0697. The molecule has 3 rings (SSSR count). The van der Waals surface area contributed by atoms with Crippen molar-refractivity contribution in [2.24, 2.45) is 5.92 Å². The molecule has 1 fully saturated rings. The van der Waals surface area contributed by atoms with E-state index in [2.05, 4.69) is 4.98 Å². The van der Waals surface area contributed by atoms with Crippen LogP contribution in [0, 0.1) is 12.8 Å². The van der Waals surface area contributed by atoms with E-state index in [1.165, 1.54) is 0 Å². The molecule has 6 heteroatoms. The molecule has 0 aliphatic heterocycles. The second-order valence-electron chi connectivity index (χ2n) is 6.66. The quantitative estimate of drug-likeness (QED) is 0.863. The minimum Gasteiger partial charge on any atom is -0.490 e. The Bertz CT molecular complexity index is 783. The number of hydrogen-bond donors (Lipinski definition) is 2. The molecule has 25 heavy (non-hydrogen) atoms. The number of carbonyl (C=O) groups is 1. The smallest absolute Gasteiger partial charge is 0.339 e. The van der Waals surface area contributed by atoms with E-state index < -0.39 is 5.97 Å². The van der Waals surface area contributed by atoms with Crippen molar-refractivity contribution >= 4 is 22.6 Å². The summed E-state index contributed by atoms with van der Waals surface area (Å²) >= 11 is 0. The van der Waals surface area contributed by atoms with E-state index in [1.807, 2.05) is 18.2 Å². The highest BCUT2D eigenvalue weighted by Gasteiger charge is 2.24. The number of aromatic nitrogens is 1. The number of hydrogen-bond acceptors (Lipinski definition) is 5. The molecule has 0 atom stereocenters. The summed E-state index contributed by atoms with van der Waals surface area (Å²) in [5, 5.41) is 10.0. The molecule has 1 saturated carbocycles. The molecule has 0 unspecified atom stereocenters. The number of benzene rings is 1. The van der Waals surface area contributed by atoms with Gasteiger partial charge in [0.1, 0.15) is 11.3 Å². The molecule has 1 heterocycles. The van der Waals surface area contributed by atoms with E-state index in [1.54, 1.807) is 14.0 Å². The fraction of sp³-hybridized carbons (Fsp3) is 0.474. The first-order valence-corrected chi connectivity index (χ1v) is 8.59. The third kappa shape index (κ3) is 3.54. The van der Waals surface area contributed by atoms with Crippen LogP contribution in [0.2, 0.25) is 0 Å². The zero-order valence-electron chi connectivity index (χ0n) is 14.6. The minimum atomic E-state index is -1.07. The molecule has 1 aliphatic carbocycles. The second-order valence-corrected chi connectivity index (χ2v) is 6.66. The van der Waals surface area contributed by atoms with Crippen LogP contribution >= 0.6 is 0 Å². The predicted molar refractivity (Wildman–Crippen MR) is 96.1 cm³/mol. The van der Waals surface area contributed by atoms with Gasteiger partial charge in [-0.25, -0.2) is 4.79 Å². The molecular weight excluding hydrogens is 320 g/mol. The summed E-state index contributed by atoms with van der Waals surface area (Å²) in [4.78, 5) is 15.9. The summed E-state index contributed by atoms with van der Waals surface area (Å²) in [6.45, 7) is 2.45. The Morgan fingerprint density at radius 1 is 1.32 bits per heavy atom. The van der Waals surface area contributed by atoms with Crippen molar-refractivity contribution in [2.45, 2.75) is 38.7 Å². The second kappa shape index (κ2) is 7.27. The zero-order chi connectivity index (χ0) is 18.0. The van der Waals surface area contributed by atoms with Crippen molar-refractivity contribution < 1.29 is 19.4 Å². The molecule has 1 aliphatic rings. The summed E-state index contributed by atoms with van der Waals surface area (Å²) < 4.78 is 11.4. The molecule has 0 radical (unpaired) electrons. The molecular formula is C19H24N2O4. The molecule has 3 N–H and O–H groups in total. The maximum atomic E-state index is 11.5. The van der Waals surface area contributed by atoms with Gasteiger partial charge in [-0.3, -0.25) is 4.98 Å². The van der Waals surface area contributed by atoms with Crippen molar-refractivity contribution in [3.63, 3.8) is 0 Å². The van der Waals surface area contributed by atoms with Gasteiger partial charge >= 0.3 is 5.97 Å². The molecule has 0 saturated heterocycles. The maximum absolute atomic E-state index is 11.5. The number of nitrogen functional groups attached to an aromatic ring is 1. The first kappa shape index (κ1) is 17.5. The van der Waals surface area contributed by atoms with Gasteiger partial charge in [-0.2, -0.15) is 0 Å². The number of fused-ring (bicyclic) bond motifs is 1. The Kier molecular flexibility index (Phi) is 5.08. The molecule has 0 bridgehead atoms. The molecule has 2 aromatic rings. The largest absolute Gasteiger partial charge is 0.490 e. The molecule has 0 amide bonds. The number of methoxy groups -OCH3 is 1. The van der Waals surface area contributed by atoms with Crippen LogP contribution in [0.5, 0.6) is 5.75 Å². The number of nitrogens with two attached hydrogens (primary N) is 1. The predicted octanol–water partition coefficient (Wildman–Crippen LogP) is 3.41. The van der Waals surface area contributed by atoms with E-state index >= 15 is 0 Å². The normalized spacial score (nSPS) is 20.6. The highest BCUT2D eigenvalue weighted by atomic mass is 16.5. The minimum absolute atomic E-state index is 0.0485. The maximum Gasteiger partial charge on any atom is 0.339 e. The number of rotatable bonds is 5. The fourth-order valence-electron chi connectivity index (χ4n) is 3.64. The van der Waals surface area contributed by atoms with E-state index in [-0.39, 0.29) is 17.4 Å². The number of aryl methyl sites for hydroxylation is 1. The number of anilines is 1. The lowest BCUT2D eigenvalue weighted by Gasteiger charge is -2.29. The molecule has 134 valence electrons. The topological polar surface area (TPSA) is 94.7 Å². The Balaban J connectivity index is 1.90. The van der Waals surface area contributed by atoms with Gasteiger partial charge in [0.25, 0.3) is 0 Å². The van der Waals surface area contributed by atoms with Crippen LogP contribution in [0.1, 0.15) is 41.7 Å². The Morgan fingerprint density at radius 2 is 2.04 bits per heavy atom. The van der Waals surface area contributed by atoms with Gasteiger partial charge in [-0.15, -0.1) is 0 Å². The third-order valence-corrected chi connectivity index (χ3v) is 4.90. The van der Waals surface area contributed by atoms with Gasteiger partial charge in [0.15, 0.2) is 0 Å². The molecule has 1 aromatic carbocycles. The van der Waals surface area contributed by atoms with E-state index in [0.717, 1.165) is 32.3 Å². The summed E-state index contributed by atoms with van der Waals surface area (Å²) in [7, 11) is 1.73. The summed E-state index contributed by atoms with van der Waals surface area (Å²) in [6.07, 6.45) is 4.14. The van der Waals surface area contributed by atoms with E-state index in [4.69, 9.17) is 15.2 Å². The lowest BCUT2D eigenvalue weighted by atomic mass is 9.88. The molecule has 1 aromatic heterocycles. The van der Waals surface area contributed by atoms with Gasteiger partial charge in [-0.1, -0.05) is 6.07 Å². The van der Waals surface area contributed by atoms with Crippen LogP contribution in [0.4, 0.5) is 5.69 Å². The number of pyridine rings is 1. The highest BCUT2D eigenvalue weighted by Crippen LogP contribution is 2.36. The first-order valence-electron chi connectivity index (χ1n) is 8.59. The standard InChI is InChI=1S/C19H24N2O4/c1-11-16(19(22)23)18(20)17-14(21-11)4-3-5-15(17)25-13-8-6-12(7-9-13)10-24-2/h3-5,12-13H,6-10H2,1-2H3,(H2,20,21)(H,22,23). The van der Waals surface area contributed by atoms with E-state index in [9.17, 15) is 9.90 Å². The first-order chi connectivity index (χ1) is 12.0. The Labute approximate surface area is 146 Å². The van der Waals surface area contributed by atoms with Crippen molar-refractivity contribution in [1.82, 2.24) is 4.98 Å². The van der Waals surface area contributed by atoms with Crippen molar-refractivity contribution in [3.8, 4) is 5.75 Å². The summed E-state index contributed by atoms with van der Waals surface area (Å²) in [5.74, 6) is 0.129. The number of nitrogens with zero attached hydrogens (tertiary/aromatic N) is 1. The number of ether oxygens (including phenoxy) is 2. The molecule has 0 spiro atoms. The number of carboxylic acids is 1. The van der Waals surface area contributed by atoms with Gasteiger partial charge in [0.2, 0.25) is 0 Å². The van der Waals surface area contributed by atoms with E-state index in [0.29, 0.717) is 28.3 Å². The Morgan fingerprint density at radius 3 is 2.68 bits per heavy atom. The lowest BCUT2D eigenvalue weighted by Crippen LogP contribution is -2.26. The third-order valence-electron chi connectivity index (χ3n) is 4.90. The summed E-state index contributed by atoms with van der Waals surface area (Å²) in [5.41, 5.74) is 7.51. The van der Waals surface area contributed by atoms with Gasteiger partial charge in [0, 0.05) is 13.7 Å². The van der Waals surface area contributed by atoms with Crippen molar-refractivity contribution in [1.29, 1.82) is 0 Å². The van der Waals surface area contributed by atoms with Crippen molar-refractivity contribution in [2.75, 3.05) is 19.5 Å². The molecule has 6 nitrogen and oxygen atoms in total. The average molecular weight is 344 g/mol. The van der Waals surface area contributed by atoms with Crippen LogP contribution in [-0.2, 0) is 4.74 Å². The zero-order valence-corrected chi connectivity index (χ0v) is 14.6. The van der Waals surface area contributed by atoms with Gasteiger partial charge in [-0.05, 0) is 50.7 Å². The van der Waals surface area contributed by atoms with Gasteiger partial charge in [0.05, 0.1) is 28.4 Å². The van der Waals surface area contributed by atoms with Crippen LogP contribution in [0.15, 0.2) is 18.2 Å². The monoisotopic (exact) mass is 344 g/mol.